The molecule has 0 aromatic rings. The van der Waals surface area contributed by atoms with Crippen LogP contribution >= 0.6 is 30.9 Å². The average Bonchev–Trinajstić information content (AvgIpc) is 2.18. The van der Waals surface area contributed by atoms with Crippen LogP contribution in [-0.2, 0) is 9.19 Å². The lowest BCUT2D eigenvalue weighted by Gasteiger charge is -2.12. The van der Waals surface area contributed by atoms with Crippen molar-refractivity contribution in [2.24, 2.45) is 10.7 Å². The average molecular weight is 290 g/mol. The number of halogens is 2. The molecule has 0 aliphatic rings. The van der Waals surface area contributed by atoms with Gasteiger partial charge in [0.1, 0.15) is 4.84 Å². The fraction of sp³-hybridized carbons (Fsp3) is 0.875. The molecule has 0 heterocycles. The first-order chi connectivity index (χ1) is 7.41. The van der Waals surface area contributed by atoms with Gasteiger partial charge in [0.15, 0.2) is 0 Å². The van der Waals surface area contributed by atoms with E-state index < -0.39 is 12.5 Å². The van der Waals surface area contributed by atoms with E-state index >= 15 is 0 Å². The highest BCUT2D eigenvalue weighted by molar-refractivity contribution is 7.54. The number of nitrogens with two attached hydrogens (primary N) is 1. The first kappa shape index (κ1) is 16.2. The van der Waals surface area contributed by atoms with E-state index in [9.17, 15) is 4.57 Å². The number of alkyl halides is 2. The topological polar surface area (TPSA) is 76.7 Å². The lowest BCUT2D eigenvalue weighted by Crippen LogP contribution is -2.20. The first-order valence-electron chi connectivity index (χ1n) is 5.07. The van der Waals surface area contributed by atoms with Crippen molar-refractivity contribution < 1.29 is 9.19 Å². The van der Waals surface area contributed by atoms with Gasteiger partial charge in [-0.2, -0.15) is 0 Å². The van der Waals surface area contributed by atoms with Crippen LogP contribution in [0, 0.1) is 0 Å². The molecule has 1 atom stereocenters. The van der Waals surface area contributed by atoms with Gasteiger partial charge in [-0.1, -0.05) is 19.0 Å². The normalized spacial score (nSPS) is 14.6. The summed E-state index contributed by atoms with van der Waals surface area (Å²) in [4.78, 5) is -0.516. The molecule has 0 aromatic heterocycles. The van der Waals surface area contributed by atoms with Crippen LogP contribution in [0.15, 0.2) is 5.16 Å². The van der Waals surface area contributed by atoms with Crippen LogP contribution in [0.3, 0.4) is 0 Å². The van der Waals surface area contributed by atoms with Crippen LogP contribution in [0.4, 0.5) is 0 Å². The molecule has 0 fully saturated rings. The molecule has 0 aliphatic carbocycles. The molecule has 0 saturated heterocycles. The quantitative estimate of drug-likeness (QED) is 0.312. The molecule has 0 spiro atoms. The predicted molar refractivity (Wildman–Crippen MR) is 69.0 cm³/mol. The van der Waals surface area contributed by atoms with E-state index in [-0.39, 0.29) is 0 Å². The van der Waals surface area contributed by atoms with E-state index in [1.165, 1.54) is 0 Å². The van der Waals surface area contributed by atoms with Crippen molar-refractivity contribution in [1.82, 2.24) is 5.09 Å². The van der Waals surface area contributed by atoms with Crippen LogP contribution < -0.4 is 10.6 Å². The van der Waals surface area contributed by atoms with Gasteiger partial charge in [0.2, 0.25) is 0 Å². The van der Waals surface area contributed by atoms with Crippen molar-refractivity contribution in [3.05, 3.63) is 0 Å². The molecule has 0 radical (unpaired) electrons. The molecular formula is C8H18Cl2N3O2P. The summed E-state index contributed by atoms with van der Waals surface area (Å²) in [6.07, 6.45) is 1.91. The minimum absolute atomic E-state index is 0.314. The molecule has 5 nitrogen and oxygen atoms in total. The highest BCUT2D eigenvalue weighted by Gasteiger charge is 2.17. The lowest BCUT2D eigenvalue weighted by atomic mass is 10.2. The maximum Gasteiger partial charge on any atom is 0.408 e. The summed E-state index contributed by atoms with van der Waals surface area (Å²) in [5.41, 5.74) is 6.20. The summed E-state index contributed by atoms with van der Waals surface area (Å²) in [6.45, 7) is 4.19. The Morgan fingerprint density at radius 3 is 2.50 bits per heavy atom. The molecule has 1 unspecified atom stereocenters. The van der Waals surface area contributed by atoms with Crippen molar-refractivity contribution in [2.75, 3.05) is 6.54 Å². The zero-order valence-electron chi connectivity index (χ0n) is 9.45. The highest BCUT2D eigenvalue weighted by atomic mass is 35.5. The van der Waals surface area contributed by atoms with Gasteiger partial charge in [-0.05, 0) is 19.3 Å². The third-order valence-electron chi connectivity index (χ3n) is 1.80. The summed E-state index contributed by atoms with van der Waals surface area (Å²) in [5, 5.41) is 6.26. The summed E-state index contributed by atoms with van der Waals surface area (Å²) >= 11 is 11.0. The molecule has 16 heavy (non-hydrogen) atoms. The maximum absolute atomic E-state index is 11.6. The van der Waals surface area contributed by atoms with Gasteiger partial charge in [0.05, 0.1) is 5.71 Å². The van der Waals surface area contributed by atoms with Gasteiger partial charge in [-0.3, -0.25) is 0 Å². The summed E-state index contributed by atoms with van der Waals surface area (Å²) < 4.78 is 16.4. The van der Waals surface area contributed by atoms with E-state index in [0.717, 1.165) is 18.6 Å². The van der Waals surface area contributed by atoms with Crippen LogP contribution in [0.25, 0.3) is 0 Å². The molecule has 3 N–H and O–H groups in total. The standard InChI is InChI=1S/C8H18Cl2N3O2P/c1-3-7(4-2)13-15-16(11,14)12-6-5-8(9)10/h8H,3-6H2,1-2H3,(H3,11,12,14). The Bertz CT molecular complexity index is 268. The van der Waals surface area contributed by atoms with E-state index in [1.807, 2.05) is 13.8 Å². The van der Waals surface area contributed by atoms with Gasteiger partial charge in [0, 0.05) is 6.54 Å². The van der Waals surface area contributed by atoms with Crippen LogP contribution in [-0.4, -0.2) is 17.1 Å². The Labute approximate surface area is 106 Å². The van der Waals surface area contributed by atoms with Gasteiger partial charge in [0.25, 0.3) is 0 Å². The molecule has 8 heteroatoms. The Morgan fingerprint density at radius 1 is 1.50 bits per heavy atom. The van der Waals surface area contributed by atoms with Gasteiger partial charge in [-0.15, -0.1) is 23.2 Å². The number of nitrogens with zero attached hydrogens (tertiary/aromatic N) is 1. The number of nitrogens with one attached hydrogen (secondary N) is 1. The smallest absolute Gasteiger partial charge is 0.312 e. The van der Waals surface area contributed by atoms with Crippen molar-refractivity contribution in [3.63, 3.8) is 0 Å². The second-order valence-corrected chi connectivity index (χ2v) is 6.08. The van der Waals surface area contributed by atoms with Gasteiger partial charge < -0.3 is 4.62 Å². The van der Waals surface area contributed by atoms with Gasteiger partial charge >= 0.3 is 7.67 Å². The third kappa shape index (κ3) is 8.36. The van der Waals surface area contributed by atoms with Gasteiger partial charge in [-0.25, -0.2) is 15.2 Å². The van der Waals surface area contributed by atoms with Crippen molar-refractivity contribution in [3.8, 4) is 0 Å². The van der Waals surface area contributed by atoms with E-state index in [2.05, 4.69) is 10.2 Å². The molecular weight excluding hydrogens is 272 g/mol. The minimum atomic E-state index is -3.38. The van der Waals surface area contributed by atoms with E-state index in [1.54, 1.807) is 0 Å². The number of rotatable bonds is 8. The molecule has 96 valence electrons. The third-order valence-corrected chi connectivity index (χ3v) is 3.23. The number of hydrogen-bond acceptors (Lipinski definition) is 3. The Morgan fingerprint density at radius 2 is 2.06 bits per heavy atom. The fourth-order valence-electron chi connectivity index (χ4n) is 0.856. The summed E-state index contributed by atoms with van der Waals surface area (Å²) in [5.74, 6) is 0. The number of hydrogen-bond donors (Lipinski definition) is 2. The Hall–Kier alpha value is 0.200. The van der Waals surface area contributed by atoms with Crippen LogP contribution in [0.5, 0.6) is 0 Å². The Balaban J connectivity index is 4.04. The highest BCUT2D eigenvalue weighted by Crippen LogP contribution is 2.32. The molecule has 0 amide bonds. The van der Waals surface area contributed by atoms with E-state index in [0.29, 0.717) is 13.0 Å². The molecule has 0 aliphatic heterocycles. The second-order valence-electron chi connectivity index (χ2n) is 3.13. The van der Waals surface area contributed by atoms with E-state index in [4.69, 9.17) is 33.3 Å². The zero-order valence-corrected chi connectivity index (χ0v) is 11.9. The minimum Gasteiger partial charge on any atom is -0.312 e. The monoisotopic (exact) mass is 289 g/mol. The summed E-state index contributed by atoms with van der Waals surface area (Å²) in [7, 11) is -3.38. The number of oxime groups is 1. The van der Waals surface area contributed by atoms with Crippen LogP contribution in [0.2, 0.25) is 0 Å². The zero-order chi connectivity index (χ0) is 12.6. The summed E-state index contributed by atoms with van der Waals surface area (Å²) in [6, 6.07) is 0. The van der Waals surface area contributed by atoms with Crippen molar-refractivity contribution in [1.29, 1.82) is 0 Å². The molecule has 0 saturated carbocycles. The maximum atomic E-state index is 11.6. The molecule has 0 bridgehead atoms. The second kappa shape index (κ2) is 8.31. The van der Waals surface area contributed by atoms with Crippen LogP contribution in [0.1, 0.15) is 33.1 Å². The lowest BCUT2D eigenvalue weighted by molar-refractivity contribution is 0.323. The molecule has 0 aromatic carbocycles. The Kier molecular flexibility index (Phi) is 8.42. The molecule has 0 rings (SSSR count). The first-order valence-corrected chi connectivity index (χ1v) is 7.64. The van der Waals surface area contributed by atoms with Crippen molar-refractivity contribution >= 4 is 36.6 Å². The van der Waals surface area contributed by atoms with Crippen molar-refractivity contribution in [2.45, 2.75) is 37.9 Å². The SMILES string of the molecule is CCC(CC)=NOP(N)(=O)NCCC(Cl)Cl. The predicted octanol–water partition coefficient (Wildman–Crippen LogP) is 3.03. The largest absolute Gasteiger partial charge is 0.408 e. The fourth-order valence-corrected chi connectivity index (χ4v) is 1.81.